The van der Waals surface area contributed by atoms with Crippen LogP contribution in [0, 0.1) is 29.6 Å². The van der Waals surface area contributed by atoms with E-state index in [9.17, 15) is 5.11 Å². The molecule has 1 atom stereocenters. The summed E-state index contributed by atoms with van der Waals surface area (Å²) in [6, 6.07) is 3.81. The predicted molar refractivity (Wildman–Crippen MR) is 76.8 cm³/mol. The molecule has 3 nitrogen and oxygen atoms in total. The number of nitrogens with two attached hydrogens (primary N) is 1. The smallest absolute Gasteiger partial charge is 0.135 e. The maximum absolute atomic E-state index is 11.4. The number of hydrogen-bond donors (Lipinski definition) is 2. The van der Waals surface area contributed by atoms with Gasteiger partial charge in [0, 0.05) is 5.92 Å². The van der Waals surface area contributed by atoms with Crippen LogP contribution in [0.4, 0.5) is 0 Å². The standard InChI is InChI=1S/C17H25NO2/c18-4-3-17(19,15-2-1-5-20-15)16-13-7-11-6-12(9-13)10-14(16)8-11/h1-2,5,11-14,16,19H,3-4,6-10,18H2. The van der Waals surface area contributed by atoms with E-state index in [0.717, 1.165) is 17.6 Å². The second kappa shape index (κ2) is 4.60. The Morgan fingerprint density at radius 3 is 2.30 bits per heavy atom. The van der Waals surface area contributed by atoms with Crippen LogP contribution in [0.1, 0.15) is 44.3 Å². The van der Waals surface area contributed by atoms with E-state index in [2.05, 4.69) is 0 Å². The topological polar surface area (TPSA) is 59.4 Å². The van der Waals surface area contributed by atoms with E-state index in [4.69, 9.17) is 10.2 Å². The summed E-state index contributed by atoms with van der Waals surface area (Å²) in [6.07, 6.45) is 8.98. The maximum atomic E-state index is 11.4. The van der Waals surface area contributed by atoms with E-state index in [1.54, 1.807) is 6.26 Å². The van der Waals surface area contributed by atoms with Crippen LogP contribution in [-0.4, -0.2) is 11.7 Å². The Balaban J connectivity index is 1.70. The van der Waals surface area contributed by atoms with Crippen LogP contribution >= 0.6 is 0 Å². The van der Waals surface area contributed by atoms with E-state index in [0.29, 0.717) is 30.7 Å². The summed E-state index contributed by atoms with van der Waals surface area (Å²) in [5.41, 5.74) is 4.97. The monoisotopic (exact) mass is 275 g/mol. The van der Waals surface area contributed by atoms with Crippen molar-refractivity contribution in [2.45, 2.75) is 44.1 Å². The van der Waals surface area contributed by atoms with Gasteiger partial charge in [-0.3, -0.25) is 0 Å². The maximum Gasteiger partial charge on any atom is 0.135 e. The second-order valence-electron chi connectivity index (χ2n) is 7.40. The fourth-order valence-electron chi connectivity index (χ4n) is 5.90. The fraction of sp³-hybridized carbons (Fsp3) is 0.765. The minimum atomic E-state index is -0.846. The van der Waals surface area contributed by atoms with Crippen molar-refractivity contribution < 1.29 is 9.52 Å². The minimum absolute atomic E-state index is 0.352. The van der Waals surface area contributed by atoms with Crippen LogP contribution in [0.15, 0.2) is 22.8 Å². The van der Waals surface area contributed by atoms with Crippen molar-refractivity contribution in [3.63, 3.8) is 0 Å². The molecule has 0 aromatic carbocycles. The Morgan fingerprint density at radius 1 is 1.15 bits per heavy atom. The van der Waals surface area contributed by atoms with Gasteiger partial charge in [-0.25, -0.2) is 0 Å². The quantitative estimate of drug-likeness (QED) is 0.888. The largest absolute Gasteiger partial charge is 0.466 e. The molecule has 0 amide bonds. The first-order chi connectivity index (χ1) is 9.70. The first-order valence-electron chi connectivity index (χ1n) is 8.17. The lowest BCUT2D eigenvalue weighted by Gasteiger charge is -2.58. The first-order valence-corrected chi connectivity index (χ1v) is 8.17. The zero-order valence-electron chi connectivity index (χ0n) is 12.0. The van der Waals surface area contributed by atoms with E-state index >= 15 is 0 Å². The van der Waals surface area contributed by atoms with Crippen molar-refractivity contribution in [1.29, 1.82) is 0 Å². The van der Waals surface area contributed by atoms with Gasteiger partial charge in [0.2, 0.25) is 0 Å². The fourth-order valence-corrected chi connectivity index (χ4v) is 5.90. The summed E-state index contributed by atoms with van der Waals surface area (Å²) in [6.45, 7) is 0.514. The van der Waals surface area contributed by atoms with Crippen molar-refractivity contribution in [2.75, 3.05) is 6.54 Å². The normalized spacial score (nSPS) is 41.8. The average molecular weight is 275 g/mol. The third-order valence-electron chi connectivity index (χ3n) is 6.25. The van der Waals surface area contributed by atoms with Gasteiger partial charge in [-0.15, -0.1) is 0 Å². The van der Waals surface area contributed by atoms with Gasteiger partial charge in [-0.1, -0.05) is 0 Å². The molecule has 4 aliphatic carbocycles. The van der Waals surface area contributed by atoms with Crippen LogP contribution in [-0.2, 0) is 5.60 Å². The number of furan rings is 1. The van der Waals surface area contributed by atoms with Crippen molar-refractivity contribution >= 4 is 0 Å². The van der Waals surface area contributed by atoms with E-state index in [1.807, 2.05) is 12.1 Å². The number of rotatable bonds is 4. The molecule has 1 heterocycles. The molecule has 1 unspecified atom stereocenters. The van der Waals surface area contributed by atoms with Crippen LogP contribution in [0.2, 0.25) is 0 Å². The number of hydrogen-bond acceptors (Lipinski definition) is 3. The third-order valence-corrected chi connectivity index (χ3v) is 6.25. The molecular formula is C17H25NO2. The summed E-state index contributed by atoms with van der Waals surface area (Å²) >= 11 is 0. The summed E-state index contributed by atoms with van der Waals surface area (Å²) < 4.78 is 5.60. The highest BCUT2D eigenvalue weighted by atomic mass is 16.4. The highest BCUT2D eigenvalue weighted by molar-refractivity contribution is 5.16. The number of aliphatic hydroxyl groups is 1. The Kier molecular flexibility index (Phi) is 2.97. The van der Waals surface area contributed by atoms with Gasteiger partial charge < -0.3 is 15.3 Å². The lowest BCUT2D eigenvalue weighted by Crippen LogP contribution is -2.54. The summed E-state index contributed by atoms with van der Waals surface area (Å²) in [7, 11) is 0. The molecule has 4 bridgehead atoms. The highest BCUT2D eigenvalue weighted by Gasteiger charge is 2.56. The summed E-state index contributed by atoms with van der Waals surface area (Å²) in [4.78, 5) is 0. The third kappa shape index (κ3) is 1.79. The molecule has 110 valence electrons. The van der Waals surface area contributed by atoms with Gasteiger partial charge >= 0.3 is 0 Å². The molecule has 3 N–H and O–H groups in total. The Morgan fingerprint density at radius 2 is 1.80 bits per heavy atom. The van der Waals surface area contributed by atoms with Gasteiger partial charge in [-0.05, 0) is 80.9 Å². The van der Waals surface area contributed by atoms with Crippen molar-refractivity contribution in [2.24, 2.45) is 35.3 Å². The van der Waals surface area contributed by atoms with Gasteiger partial charge in [0.05, 0.1) is 6.26 Å². The Labute approximate surface area is 120 Å². The van der Waals surface area contributed by atoms with Crippen LogP contribution in [0.25, 0.3) is 0 Å². The molecule has 0 saturated heterocycles. The molecule has 4 fully saturated rings. The van der Waals surface area contributed by atoms with E-state index < -0.39 is 5.60 Å². The van der Waals surface area contributed by atoms with Crippen molar-refractivity contribution in [1.82, 2.24) is 0 Å². The van der Waals surface area contributed by atoms with E-state index in [-0.39, 0.29) is 0 Å². The van der Waals surface area contributed by atoms with Crippen LogP contribution in [0.5, 0.6) is 0 Å². The lowest BCUT2D eigenvalue weighted by molar-refractivity contribution is -0.158. The molecule has 0 aliphatic heterocycles. The van der Waals surface area contributed by atoms with Gasteiger partial charge in [0.15, 0.2) is 0 Å². The Bertz CT molecular complexity index is 441. The molecular weight excluding hydrogens is 250 g/mol. The zero-order valence-corrected chi connectivity index (χ0v) is 12.0. The molecule has 0 radical (unpaired) electrons. The molecule has 0 spiro atoms. The van der Waals surface area contributed by atoms with Gasteiger partial charge in [-0.2, -0.15) is 0 Å². The van der Waals surface area contributed by atoms with Crippen LogP contribution < -0.4 is 5.73 Å². The molecule has 4 saturated carbocycles. The van der Waals surface area contributed by atoms with Crippen molar-refractivity contribution in [3.05, 3.63) is 24.2 Å². The highest BCUT2D eigenvalue weighted by Crippen LogP contribution is 2.61. The summed E-state index contributed by atoms with van der Waals surface area (Å²) in [5.74, 6) is 4.28. The van der Waals surface area contributed by atoms with Gasteiger partial charge in [0.1, 0.15) is 11.4 Å². The lowest BCUT2D eigenvalue weighted by atomic mass is 9.48. The second-order valence-corrected chi connectivity index (χ2v) is 7.40. The first kappa shape index (κ1) is 12.9. The summed E-state index contributed by atoms with van der Waals surface area (Å²) in [5, 5.41) is 11.4. The molecule has 1 aromatic heterocycles. The minimum Gasteiger partial charge on any atom is -0.466 e. The predicted octanol–water partition coefficient (Wildman–Crippen LogP) is 2.89. The van der Waals surface area contributed by atoms with Crippen LogP contribution in [0.3, 0.4) is 0 Å². The molecule has 1 aromatic rings. The zero-order chi connectivity index (χ0) is 13.7. The van der Waals surface area contributed by atoms with Crippen molar-refractivity contribution in [3.8, 4) is 0 Å². The van der Waals surface area contributed by atoms with Gasteiger partial charge in [0.25, 0.3) is 0 Å². The average Bonchev–Trinajstić information content (AvgIpc) is 2.91. The molecule has 20 heavy (non-hydrogen) atoms. The molecule has 3 heteroatoms. The Hall–Kier alpha value is -0.800. The SMILES string of the molecule is NCCC(O)(c1ccco1)C1C2CC3CC(C2)CC1C3. The molecule has 4 aliphatic rings. The molecule has 5 rings (SSSR count). The van der Waals surface area contributed by atoms with E-state index in [1.165, 1.54) is 32.1 Å².